The van der Waals surface area contributed by atoms with Gasteiger partial charge in [0.05, 0.1) is 0 Å². The molecule has 2 aromatic carbocycles. The molecule has 0 heteroatoms. The van der Waals surface area contributed by atoms with Crippen molar-refractivity contribution in [1.82, 2.24) is 0 Å². The Bertz CT molecular complexity index is 607. The minimum atomic E-state index is 0.619. The molecule has 21 heavy (non-hydrogen) atoms. The molecular weight excluding hydrogens is 252 g/mol. The highest BCUT2D eigenvalue weighted by molar-refractivity contribution is 5.35. The van der Waals surface area contributed by atoms with Crippen LogP contribution in [0.4, 0.5) is 0 Å². The van der Waals surface area contributed by atoms with Crippen LogP contribution in [-0.2, 0) is 12.8 Å². The Morgan fingerprint density at radius 3 is 2.29 bits per heavy atom. The number of aryl methyl sites for hydroxylation is 4. The minimum absolute atomic E-state index is 0.619. The van der Waals surface area contributed by atoms with E-state index in [1.54, 1.807) is 0 Å². The molecule has 0 nitrogen and oxygen atoms in total. The van der Waals surface area contributed by atoms with E-state index in [1.807, 2.05) is 0 Å². The molecule has 2 rings (SSSR count). The van der Waals surface area contributed by atoms with Gasteiger partial charge in [-0.3, -0.25) is 0 Å². The number of rotatable bonds is 5. The van der Waals surface area contributed by atoms with E-state index in [1.165, 1.54) is 46.2 Å². The molecular formula is C21H28. The highest BCUT2D eigenvalue weighted by Gasteiger charge is 2.09. The van der Waals surface area contributed by atoms with E-state index in [-0.39, 0.29) is 0 Å². The summed E-state index contributed by atoms with van der Waals surface area (Å²) in [6.07, 6.45) is 3.52. The van der Waals surface area contributed by atoms with Crippen LogP contribution in [-0.4, -0.2) is 0 Å². The van der Waals surface area contributed by atoms with Crippen LogP contribution in [0.3, 0.4) is 0 Å². The normalized spacial score (nSPS) is 12.4. The van der Waals surface area contributed by atoms with Crippen LogP contribution < -0.4 is 0 Å². The maximum absolute atomic E-state index is 2.36. The van der Waals surface area contributed by atoms with Gasteiger partial charge in [0.15, 0.2) is 0 Å². The maximum atomic E-state index is 2.36. The lowest BCUT2D eigenvalue weighted by molar-refractivity contribution is 0.676. The second-order valence-electron chi connectivity index (χ2n) is 6.34. The van der Waals surface area contributed by atoms with E-state index in [0.717, 1.165) is 6.42 Å². The van der Waals surface area contributed by atoms with E-state index < -0.39 is 0 Å². The topological polar surface area (TPSA) is 0 Å². The lowest BCUT2D eigenvalue weighted by atomic mass is 9.90. The summed E-state index contributed by atoms with van der Waals surface area (Å²) < 4.78 is 0. The standard InChI is InChI=1S/C21H28/c1-6-19-8-7-9-20(18(19)5)12-11-16(3)21-13-10-15(2)17(4)14-21/h7-10,13-14,16H,6,11-12H2,1-5H3/t16-/m0/s1. The molecule has 0 saturated carbocycles. The van der Waals surface area contributed by atoms with Crippen LogP contribution in [0.5, 0.6) is 0 Å². The average molecular weight is 280 g/mol. The number of benzene rings is 2. The molecule has 0 aliphatic carbocycles. The van der Waals surface area contributed by atoms with Crippen molar-refractivity contribution in [3.63, 3.8) is 0 Å². The van der Waals surface area contributed by atoms with Gasteiger partial charge in [-0.25, -0.2) is 0 Å². The summed E-state index contributed by atoms with van der Waals surface area (Å²) in [6, 6.07) is 13.7. The molecule has 2 aromatic rings. The number of hydrogen-bond acceptors (Lipinski definition) is 0. The summed E-state index contributed by atoms with van der Waals surface area (Å²) in [4.78, 5) is 0. The van der Waals surface area contributed by atoms with Crippen molar-refractivity contribution in [2.75, 3.05) is 0 Å². The monoisotopic (exact) mass is 280 g/mol. The Labute approximate surface area is 130 Å². The zero-order chi connectivity index (χ0) is 15.4. The van der Waals surface area contributed by atoms with Crippen molar-refractivity contribution < 1.29 is 0 Å². The van der Waals surface area contributed by atoms with Gasteiger partial charge in [-0.15, -0.1) is 0 Å². The first-order chi connectivity index (χ1) is 10.0. The molecule has 0 fully saturated rings. The van der Waals surface area contributed by atoms with Crippen LogP contribution in [0.15, 0.2) is 36.4 Å². The second kappa shape index (κ2) is 6.93. The van der Waals surface area contributed by atoms with Gasteiger partial charge in [0.2, 0.25) is 0 Å². The quantitative estimate of drug-likeness (QED) is 0.638. The first-order valence-corrected chi connectivity index (χ1v) is 8.17. The predicted octanol–water partition coefficient (Wildman–Crippen LogP) is 5.91. The van der Waals surface area contributed by atoms with E-state index >= 15 is 0 Å². The van der Waals surface area contributed by atoms with Crippen molar-refractivity contribution in [3.05, 3.63) is 69.8 Å². The Balaban J connectivity index is 2.07. The van der Waals surface area contributed by atoms with Gasteiger partial charge in [0, 0.05) is 0 Å². The van der Waals surface area contributed by atoms with Crippen molar-refractivity contribution in [2.24, 2.45) is 0 Å². The fourth-order valence-corrected chi connectivity index (χ4v) is 3.00. The fourth-order valence-electron chi connectivity index (χ4n) is 3.00. The zero-order valence-electron chi connectivity index (χ0n) is 14.2. The smallest absolute Gasteiger partial charge is 0.0187 e. The molecule has 0 aliphatic heterocycles. The van der Waals surface area contributed by atoms with Gasteiger partial charge in [-0.05, 0) is 79.3 Å². The fraction of sp³-hybridized carbons (Fsp3) is 0.429. The number of hydrogen-bond donors (Lipinski definition) is 0. The summed E-state index contributed by atoms with van der Waals surface area (Å²) in [6.45, 7) is 11.3. The molecule has 0 saturated heterocycles. The van der Waals surface area contributed by atoms with E-state index in [2.05, 4.69) is 71.0 Å². The third-order valence-corrected chi connectivity index (χ3v) is 4.89. The first-order valence-electron chi connectivity index (χ1n) is 8.17. The van der Waals surface area contributed by atoms with Crippen molar-refractivity contribution >= 4 is 0 Å². The lowest BCUT2D eigenvalue weighted by Gasteiger charge is -2.15. The van der Waals surface area contributed by atoms with E-state index in [4.69, 9.17) is 0 Å². The lowest BCUT2D eigenvalue weighted by Crippen LogP contribution is -2.00. The largest absolute Gasteiger partial charge is 0.0617 e. The average Bonchev–Trinajstić information content (AvgIpc) is 2.48. The van der Waals surface area contributed by atoms with E-state index in [0.29, 0.717) is 5.92 Å². The summed E-state index contributed by atoms with van der Waals surface area (Å²) in [5.74, 6) is 0.619. The van der Waals surface area contributed by atoms with Crippen LogP contribution in [0.1, 0.15) is 59.6 Å². The molecule has 0 amide bonds. The molecule has 112 valence electrons. The molecule has 0 spiro atoms. The van der Waals surface area contributed by atoms with Gasteiger partial charge >= 0.3 is 0 Å². The van der Waals surface area contributed by atoms with Gasteiger partial charge in [-0.2, -0.15) is 0 Å². The van der Waals surface area contributed by atoms with Crippen LogP contribution in [0, 0.1) is 20.8 Å². The Kier molecular flexibility index (Phi) is 5.22. The van der Waals surface area contributed by atoms with Crippen molar-refractivity contribution in [1.29, 1.82) is 0 Å². The maximum Gasteiger partial charge on any atom is -0.0187 e. The highest BCUT2D eigenvalue weighted by Crippen LogP contribution is 2.25. The molecule has 0 aliphatic rings. The van der Waals surface area contributed by atoms with Gasteiger partial charge in [0.25, 0.3) is 0 Å². The molecule has 0 unspecified atom stereocenters. The Hall–Kier alpha value is -1.56. The first kappa shape index (κ1) is 15.8. The van der Waals surface area contributed by atoms with Gasteiger partial charge in [0.1, 0.15) is 0 Å². The molecule has 1 atom stereocenters. The predicted molar refractivity (Wildman–Crippen MR) is 93.2 cm³/mol. The molecule has 0 radical (unpaired) electrons. The van der Waals surface area contributed by atoms with Crippen LogP contribution in [0.25, 0.3) is 0 Å². The molecule has 0 bridgehead atoms. The highest BCUT2D eigenvalue weighted by atomic mass is 14.1. The molecule has 0 N–H and O–H groups in total. The second-order valence-corrected chi connectivity index (χ2v) is 6.34. The Morgan fingerprint density at radius 2 is 1.62 bits per heavy atom. The summed E-state index contributed by atoms with van der Waals surface area (Å²) in [5, 5.41) is 0. The van der Waals surface area contributed by atoms with E-state index in [9.17, 15) is 0 Å². The van der Waals surface area contributed by atoms with Crippen LogP contribution >= 0.6 is 0 Å². The third-order valence-electron chi connectivity index (χ3n) is 4.89. The summed E-state index contributed by atoms with van der Waals surface area (Å²) in [5.41, 5.74) is 8.77. The van der Waals surface area contributed by atoms with Crippen molar-refractivity contribution in [2.45, 2.75) is 59.8 Å². The molecule has 0 aromatic heterocycles. The van der Waals surface area contributed by atoms with Gasteiger partial charge in [-0.1, -0.05) is 50.2 Å². The van der Waals surface area contributed by atoms with Crippen LogP contribution in [0.2, 0.25) is 0 Å². The Morgan fingerprint density at radius 1 is 0.905 bits per heavy atom. The summed E-state index contributed by atoms with van der Waals surface area (Å²) >= 11 is 0. The van der Waals surface area contributed by atoms with Gasteiger partial charge < -0.3 is 0 Å². The SMILES string of the molecule is CCc1cccc(CC[C@H](C)c2ccc(C)c(C)c2)c1C. The molecule has 0 heterocycles. The minimum Gasteiger partial charge on any atom is -0.0617 e. The third kappa shape index (κ3) is 3.75. The van der Waals surface area contributed by atoms with Crippen molar-refractivity contribution in [3.8, 4) is 0 Å². The summed E-state index contributed by atoms with van der Waals surface area (Å²) in [7, 11) is 0. The zero-order valence-corrected chi connectivity index (χ0v) is 14.2.